The van der Waals surface area contributed by atoms with Crippen LogP contribution in [-0.2, 0) is 6.54 Å². The highest BCUT2D eigenvalue weighted by atomic mass is 32.2. The smallest absolute Gasteiger partial charge is 0.256 e. The monoisotopic (exact) mass is 487 g/mol. The minimum absolute atomic E-state index is 0.212. The molecule has 7 nitrogen and oxygen atoms in total. The van der Waals surface area contributed by atoms with E-state index in [1.54, 1.807) is 42.9 Å². The van der Waals surface area contributed by atoms with Crippen LogP contribution in [0.2, 0.25) is 0 Å². The number of nitriles is 1. The number of hydrogen-bond donors (Lipinski definition) is 2. The highest BCUT2D eigenvalue weighted by Crippen LogP contribution is 2.38. The molecule has 2 aromatic carbocycles. The van der Waals surface area contributed by atoms with E-state index >= 15 is 0 Å². The number of carbonyl (C=O) groups excluding carboxylic acids is 2. The molecule has 0 bridgehead atoms. The van der Waals surface area contributed by atoms with Gasteiger partial charge in [0.05, 0.1) is 29.4 Å². The van der Waals surface area contributed by atoms with Crippen molar-refractivity contribution in [2.24, 2.45) is 0 Å². The maximum Gasteiger partial charge on any atom is 0.256 e. The molecule has 0 unspecified atom stereocenters. The van der Waals surface area contributed by atoms with E-state index in [0.29, 0.717) is 27.4 Å². The Kier molecular flexibility index (Phi) is 5.79. The number of pyridine rings is 1. The second kappa shape index (κ2) is 9.05. The molecule has 1 aliphatic rings. The van der Waals surface area contributed by atoms with Crippen molar-refractivity contribution in [3.63, 3.8) is 0 Å². The zero-order valence-corrected chi connectivity index (χ0v) is 19.0. The lowest BCUT2D eigenvalue weighted by Gasteiger charge is -2.09. The first-order valence-corrected chi connectivity index (χ1v) is 11.7. The average molecular weight is 488 g/mol. The normalized spacial score (nSPS) is 12.1. The number of carbonyl (C=O) groups is 2. The number of aromatic nitrogens is 2. The molecule has 0 atom stereocenters. The first kappa shape index (κ1) is 21.8. The first-order valence-electron chi connectivity index (χ1n) is 10.0. The van der Waals surface area contributed by atoms with Crippen molar-refractivity contribution < 1.29 is 14.0 Å². The summed E-state index contributed by atoms with van der Waals surface area (Å²) < 4.78 is 14.3. The van der Waals surface area contributed by atoms with Gasteiger partial charge in [0, 0.05) is 44.4 Å². The van der Waals surface area contributed by atoms with Crippen LogP contribution in [0.25, 0.3) is 10.6 Å². The van der Waals surface area contributed by atoms with Gasteiger partial charge in [0.15, 0.2) is 0 Å². The molecule has 10 heteroatoms. The molecule has 2 aromatic heterocycles. The molecule has 0 radical (unpaired) electrons. The summed E-state index contributed by atoms with van der Waals surface area (Å²) in [6.45, 7) is 0.212. The van der Waals surface area contributed by atoms with Gasteiger partial charge in [-0.3, -0.25) is 14.6 Å². The van der Waals surface area contributed by atoms with E-state index in [9.17, 15) is 14.0 Å². The first-order chi connectivity index (χ1) is 16.5. The maximum atomic E-state index is 14.3. The summed E-state index contributed by atoms with van der Waals surface area (Å²) in [5.74, 6) is -1.09. The predicted molar refractivity (Wildman–Crippen MR) is 126 cm³/mol. The van der Waals surface area contributed by atoms with Crippen LogP contribution >= 0.6 is 23.1 Å². The number of hydrogen-bond acceptors (Lipinski definition) is 7. The van der Waals surface area contributed by atoms with E-state index in [2.05, 4.69) is 20.6 Å². The molecule has 4 aromatic rings. The Morgan fingerprint density at radius 2 is 2.00 bits per heavy atom. The molecule has 34 heavy (non-hydrogen) atoms. The maximum absolute atomic E-state index is 14.3. The van der Waals surface area contributed by atoms with Gasteiger partial charge in [0.1, 0.15) is 10.8 Å². The SMILES string of the molecule is N#Cc1ccc(-c2ncc(CNC(=O)c3ccc4c(c3)NC(=O)c3ccncc3S4)s2)c(F)c1. The Labute approximate surface area is 201 Å². The molecule has 1 aliphatic heterocycles. The molecule has 0 spiro atoms. The molecule has 166 valence electrons. The number of anilines is 1. The van der Waals surface area contributed by atoms with E-state index in [1.165, 1.54) is 41.3 Å². The minimum atomic E-state index is -0.521. The standard InChI is InChI=1S/C24H14FN5O2S2/c25-18-7-13(9-26)1-3-16(18)24-29-11-15(33-24)10-28-22(31)14-2-4-20-19(8-14)30-23(32)17-5-6-27-12-21(17)34-20/h1-8,11-12H,10H2,(H,28,31)(H,30,32). The molecule has 0 saturated heterocycles. The van der Waals surface area contributed by atoms with Crippen molar-refractivity contribution in [1.82, 2.24) is 15.3 Å². The number of amides is 2. The van der Waals surface area contributed by atoms with E-state index in [0.717, 1.165) is 14.7 Å². The van der Waals surface area contributed by atoms with E-state index in [-0.39, 0.29) is 23.9 Å². The Hall–Kier alpha value is -4.07. The van der Waals surface area contributed by atoms with E-state index < -0.39 is 5.82 Å². The second-order valence-electron chi connectivity index (χ2n) is 7.26. The van der Waals surface area contributed by atoms with E-state index in [4.69, 9.17) is 5.26 Å². The number of rotatable bonds is 4. The third-order valence-corrected chi connectivity index (χ3v) is 7.20. The molecular formula is C24H14FN5O2S2. The van der Waals surface area contributed by atoms with Gasteiger partial charge in [0.25, 0.3) is 11.8 Å². The van der Waals surface area contributed by atoms with Crippen LogP contribution in [0.4, 0.5) is 10.1 Å². The molecule has 5 rings (SSSR count). The Morgan fingerprint density at radius 3 is 2.82 bits per heavy atom. The lowest BCUT2D eigenvalue weighted by Crippen LogP contribution is -2.22. The number of benzene rings is 2. The van der Waals surface area contributed by atoms with Gasteiger partial charge in [-0.15, -0.1) is 11.3 Å². The zero-order valence-electron chi connectivity index (χ0n) is 17.3. The van der Waals surface area contributed by atoms with Gasteiger partial charge in [0.2, 0.25) is 0 Å². The molecule has 2 amide bonds. The van der Waals surface area contributed by atoms with Gasteiger partial charge in [-0.1, -0.05) is 11.8 Å². The minimum Gasteiger partial charge on any atom is -0.347 e. The van der Waals surface area contributed by atoms with Crippen molar-refractivity contribution in [2.75, 3.05) is 5.32 Å². The topological polar surface area (TPSA) is 108 Å². The number of thiazole rings is 1. The fourth-order valence-electron chi connectivity index (χ4n) is 3.36. The molecule has 3 heterocycles. The van der Waals surface area contributed by atoms with Gasteiger partial charge in [-0.05, 0) is 42.5 Å². The fourth-order valence-corrected chi connectivity index (χ4v) is 5.21. The van der Waals surface area contributed by atoms with Crippen LogP contribution in [-0.4, -0.2) is 21.8 Å². The molecule has 2 N–H and O–H groups in total. The quantitative estimate of drug-likeness (QED) is 0.426. The lowest BCUT2D eigenvalue weighted by molar-refractivity contribution is 0.0949. The highest BCUT2D eigenvalue weighted by Gasteiger charge is 2.21. The number of nitrogens with zero attached hydrogens (tertiary/aromatic N) is 3. The van der Waals surface area contributed by atoms with Crippen LogP contribution in [0.3, 0.4) is 0 Å². The van der Waals surface area contributed by atoms with Crippen LogP contribution in [0.1, 0.15) is 31.2 Å². The summed E-state index contributed by atoms with van der Waals surface area (Å²) in [6.07, 6.45) is 4.79. The summed E-state index contributed by atoms with van der Waals surface area (Å²) in [5, 5.41) is 15.0. The molecule has 0 saturated carbocycles. The van der Waals surface area contributed by atoms with Crippen LogP contribution in [0.15, 0.2) is 70.8 Å². The summed E-state index contributed by atoms with van der Waals surface area (Å²) in [6, 6.07) is 12.9. The van der Waals surface area contributed by atoms with Gasteiger partial charge >= 0.3 is 0 Å². The summed E-state index contributed by atoms with van der Waals surface area (Å²) in [4.78, 5) is 35.9. The predicted octanol–water partition coefficient (Wildman–Crippen LogP) is 4.86. The summed E-state index contributed by atoms with van der Waals surface area (Å²) in [7, 11) is 0. The molecular weight excluding hydrogens is 473 g/mol. The average Bonchev–Trinajstić information content (AvgIpc) is 3.26. The third-order valence-electron chi connectivity index (χ3n) is 5.04. The van der Waals surface area contributed by atoms with Crippen LogP contribution in [0, 0.1) is 17.1 Å². The van der Waals surface area contributed by atoms with Crippen LogP contribution in [0.5, 0.6) is 0 Å². The molecule has 0 aliphatic carbocycles. The van der Waals surface area contributed by atoms with Crippen molar-refractivity contribution in [2.45, 2.75) is 16.3 Å². The summed E-state index contributed by atoms with van der Waals surface area (Å²) >= 11 is 2.66. The summed E-state index contributed by atoms with van der Waals surface area (Å²) in [5.41, 5.74) is 2.02. The van der Waals surface area contributed by atoms with E-state index in [1.807, 2.05) is 6.07 Å². The third kappa shape index (κ3) is 4.26. The van der Waals surface area contributed by atoms with Crippen molar-refractivity contribution in [3.8, 4) is 16.6 Å². The Morgan fingerprint density at radius 1 is 1.12 bits per heavy atom. The van der Waals surface area contributed by atoms with Gasteiger partial charge in [-0.25, -0.2) is 9.37 Å². The zero-order chi connectivity index (χ0) is 23.7. The number of halogens is 1. The fraction of sp³-hybridized carbons (Fsp3) is 0.0417. The van der Waals surface area contributed by atoms with Gasteiger partial charge < -0.3 is 10.6 Å². The van der Waals surface area contributed by atoms with Crippen molar-refractivity contribution in [3.05, 3.63) is 88.4 Å². The Bertz CT molecular complexity index is 1490. The highest BCUT2D eigenvalue weighted by molar-refractivity contribution is 7.99. The van der Waals surface area contributed by atoms with Crippen molar-refractivity contribution >= 4 is 40.6 Å². The largest absolute Gasteiger partial charge is 0.347 e. The number of fused-ring (bicyclic) bond motifs is 2. The van der Waals surface area contributed by atoms with Gasteiger partial charge in [-0.2, -0.15) is 5.26 Å². The van der Waals surface area contributed by atoms with Crippen molar-refractivity contribution in [1.29, 1.82) is 5.26 Å². The lowest BCUT2D eigenvalue weighted by atomic mass is 10.1. The Balaban J connectivity index is 1.29. The van der Waals surface area contributed by atoms with Crippen LogP contribution < -0.4 is 10.6 Å². The number of nitrogens with one attached hydrogen (secondary N) is 2. The second-order valence-corrected chi connectivity index (χ2v) is 9.46. The molecule has 0 fully saturated rings.